The fourth-order valence-corrected chi connectivity index (χ4v) is 2.94. The van der Waals surface area contributed by atoms with Crippen molar-refractivity contribution in [3.8, 4) is 5.75 Å². The Kier molecular flexibility index (Phi) is 8.02. The average molecular weight is 358 g/mol. The minimum Gasteiger partial charge on any atom is -0.497 e. The quantitative estimate of drug-likeness (QED) is 0.533. The number of guanidine groups is 1. The minimum atomic E-state index is 0.162. The highest BCUT2D eigenvalue weighted by Crippen LogP contribution is 2.20. The molecule has 2 rings (SSSR count). The SMILES string of the molecule is CCN(CC)C(CNC(=NC)NCc1cccc(OC)c1)c1ccco1. The third-order valence-corrected chi connectivity index (χ3v) is 4.41. The van der Waals surface area contributed by atoms with Crippen molar-refractivity contribution in [1.29, 1.82) is 0 Å². The molecule has 6 heteroatoms. The molecule has 1 aromatic carbocycles. The van der Waals surface area contributed by atoms with E-state index in [1.807, 2.05) is 30.3 Å². The van der Waals surface area contributed by atoms with Crippen molar-refractivity contribution in [3.63, 3.8) is 0 Å². The largest absolute Gasteiger partial charge is 0.497 e. The zero-order valence-corrected chi connectivity index (χ0v) is 16.2. The molecule has 0 bridgehead atoms. The van der Waals surface area contributed by atoms with Crippen molar-refractivity contribution in [1.82, 2.24) is 15.5 Å². The molecular weight excluding hydrogens is 328 g/mol. The van der Waals surface area contributed by atoms with Gasteiger partial charge in [0.05, 0.1) is 19.4 Å². The molecule has 0 aliphatic rings. The van der Waals surface area contributed by atoms with E-state index in [4.69, 9.17) is 9.15 Å². The molecule has 0 amide bonds. The molecule has 0 aliphatic carbocycles. The smallest absolute Gasteiger partial charge is 0.191 e. The summed E-state index contributed by atoms with van der Waals surface area (Å²) in [5.74, 6) is 2.58. The van der Waals surface area contributed by atoms with Crippen LogP contribution in [0.3, 0.4) is 0 Å². The van der Waals surface area contributed by atoms with E-state index in [-0.39, 0.29) is 6.04 Å². The Bertz CT molecular complexity index is 666. The first kappa shape index (κ1) is 19.8. The number of likely N-dealkylation sites (N-methyl/N-ethyl adjacent to an activating group) is 1. The Labute approximate surface area is 156 Å². The number of nitrogens with one attached hydrogen (secondary N) is 2. The van der Waals surface area contributed by atoms with Crippen LogP contribution in [0.25, 0.3) is 0 Å². The van der Waals surface area contributed by atoms with Crippen molar-refractivity contribution >= 4 is 5.96 Å². The summed E-state index contributed by atoms with van der Waals surface area (Å²) >= 11 is 0. The highest BCUT2D eigenvalue weighted by atomic mass is 16.5. The van der Waals surface area contributed by atoms with Crippen LogP contribution in [0.5, 0.6) is 5.75 Å². The van der Waals surface area contributed by atoms with Crippen LogP contribution in [-0.4, -0.2) is 44.7 Å². The number of ether oxygens (including phenoxy) is 1. The molecule has 1 unspecified atom stereocenters. The molecule has 0 fully saturated rings. The second kappa shape index (κ2) is 10.5. The van der Waals surface area contributed by atoms with Gasteiger partial charge in [0.2, 0.25) is 0 Å². The van der Waals surface area contributed by atoms with E-state index >= 15 is 0 Å². The molecule has 26 heavy (non-hydrogen) atoms. The van der Waals surface area contributed by atoms with Crippen LogP contribution in [0.2, 0.25) is 0 Å². The third kappa shape index (κ3) is 5.52. The fraction of sp³-hybridized carbons (Fsp3) is 0.450. The lowest BCUT2D eigenvalue weighted by molar-refractivity contribution is 0.193. The summed E-state index contributed by atoms with van der Waals surface area (Å²) in [5.41, 5.74) is 1.14. The molecule has 0 saturated heterocycles. The zero-order valence-electron chi connectivity index (χ0n) is 16.2. The molecule has 2 N–H and O–H groups in total. The number of rotatable bonds is 9. The van der Waals surface area contributed by atoms with Gasteiger partial charge in [0.1, 0.15) is 11.5 Å². The van der Waals surface area contributed by atoms with Crippen LogP contribution in [0.1, 0.15) is 31.2 Å². The van der Waals surface area contributed by atoms with E-state index in [9.17, 15) is 0 Å². The lowest BCUT2D eigenvalue weighted by atomic mass is 10.2. The van der Waals surface area contributed by atoms with Gasteiger partial charge in [-0.3, -0.25) is 9.89 Å². The standard InChI is InChI=1S/C20H30N4O2/c1-5-24(6-2)18(19-11-8-12-26-19)15-23-20(21-3)22-14-16-9-7-10-17(13-16)25-4/h7-13,18H,5-6,14-15H2,1-4H3,(H2,21,22,23). The number of benzene rings is 1. The molecule has 1 aromatic heterocycles. The molecule has 1 heterocycles. The Morgan fingerprint density at radius 1 is 1.19 bits per heavy atom. The molecule has 1 atom stereocenters. The molecule has 0 radical (unpaired) electrons. The molecule has 0 aliphatic heterocycles. The summed E-state index contributed by atoms with van der Waals surface area (Å²) in [7, 11) is 3.45. The maximum Gasteiger partial charge on any atom is 0.191 e. The highest BCUT2D eigenvalue weighted by Gasteiger charge is 2.20. The van der Waals surface area contributed by atoms with E-state index in [1.54, 1.807) is 20.4 Å². The topological polar surface area (TPSA) is 62.0 Å². The second-order valence-electron chi connectivity index (χ2n) is 5.91. The number of hydrogen-bond donors (Lipinski definition) is 2. The van der Waals surface area contributed by atoms with E-state index in [1.165, 1.54) is 0 Å². The predicted molar refractivity (Wildman–Crippen MR) is 106 cm³/mol. The Morgan fingerprint density at radius 3 is 2.62 bits per heavy atom. The summed E-state index contributed by atoms with van der Waals surface area (Å²) in [5, 5.41) is 6.76. The van der Waals surface area contributed by atoms with E-state index in [0.29, 0.717) is 13.1 Å². The van der Waals surface area contributed by atoms with E-state index < -0.39 is 0 Å². The minimum absolute atomic E-state index is 0.162. The van der Waals surface area contributed by atoms with Gasteiger partial charge in [0.25, 0.3) is 0 Å². The Morgan fingerprint density at radius 2 is 2.00 bits per heavy atom. The first-order valence-corrected chi connectivity index (χ1v) is 9.06. The second-order valence-corrected chi connectivity index (χ2v) is 5.91. The lowest BCUT2D eigenvalue weighted by Crippen LogP contribution is -2.42. The number of furan rings is 1. The highest BCUT2D eigenvalue weighted by molar-refractivity contribution is 5.79. The maximum absolute atomic E-state index is 5.65. The number of nitrogens with zero attached hydrogens (tertiary/aromatic N) is 2. The molecule has 142 valence electrons. The van der Waals surface area contributed by atoms with Gasteiger partial charge in [-0.1, -0.05) is 26.0 Å². The summed E-state index contributed by atoms with van der Waals surface area (Å²) in [4.78, 5) is 6.69. The number of methoxy groups -OCH3 is 1. The van der Waals surface area contributed by atoms with Gasteiger partial charge in [-0.15, -0.1) is 0 Å². The van der Waals surface area contributed by atoms with Gasteiger partial charge in [0.15, 0.2) is 5.96 Å². The zero-order chi connectivity index (χ0) is 18.8. The van der Waals surface area contributed by atoms with Crippen LogP contribution in [0.15, 0.2) is 52.1 Å². The van der Waals surface area contributed by atoms with E-state index in [2.05, 4.69) is 40.4 Å². The summed E-state index contributed by atoms with van der Waals surface area (Å²) in [6.07, 6.45) is 1.72. The molecular formula is C20H30N4O2. The summed E-state index contributed by atoms with van der Waals surface area (Å²) < 4.78 is 10.9. The van der Waals surface area contributed by atoms with Crippen LogP contribution >= 0.6 is 0 Å². The summed E-state index contributed by atoms with van der Waals surface area (Å²) in [6, 6.07) is 12.1. The van der Waals surface area contributed by atoms with Crippen molar-refractivity contribution < 1.29 is 9.15 Å². The predicted octanol–water partition coefficient (Wildman–Crippen LogP) is 3.04. The van der Waals surface area contributed by atoms with E-state index in [0.717, 1.165) is 36.1 Å². The monoisotopic (exact) mass is 358 g/mol. The molecule has 2 aromatic rings. The Hall–Kier alpha value is -2.47. The van der Waals surface area contributed by atoms with Gasteiger partial charge in [0, 0.05) is 20.1 Å². The molecule has 6 nitrogen and oxygen atoms in total. The third-order valence-electron chi connectivity index (χ3n) is 4.41. The Balaban J connectivity index is 1.95. The van der Waals surface area contributed by atoms with Gasteiger partial charge in [-0.25, -0.2) is 0 Å². The van der Waals surface area contributed by atoms with Crippen molar-refractivity contribution in [2.45, 2.75) is 26.4 Å². The average Bonchev–Trinajstić information content (AvgIpc) is 3.21. The lowest BCUT2D eigenvalue weighted by Gasteiger charge is -2.28. The first-order valence-electron chi connectivity index (χ1n) is 9.06. The fourth-order valence-electron chi connectivity index (χ4n) is 2.94. The van der Waals surface area contributed by atoms with Crippen LogP contribution in [0, 0.1) is 0 Å². The first-order chi connectivity index (χ1) is 12.7. The normalized spacial score (nSPS) is 12.9. The van der Waals surface area contributed by atoms with Gasteiger partial charge < -0.3 is 19.8 Å². The molecule has 0 saturated carbocycles. The van der Waals surface area contributed by atoms with Gasteiger partial charge in [-0.05, 0) is 42.9 Å². The molecule has 0 spiro atoms. The van der Waals surface area contributed by atoms with Gasteiger partial charge >= 0.3 is 0 Å². The summed E-state index contributed by atoms with van der Waals surface area (Å²) in [6.45, 7) is 7.63. The van der Waals surface area contributed by atoms with Crippen molar-refractivity contribution in [3.05, 3.63) is 54.0 Å². The number of hydrogen-bond acceptors (Lipinski definition) is 4. The van der Waals surface area contributed by atoms with Crippen molar-refractivity contribution in [2.24, 2.45) is 4.99 Å². The van der Waals surface area contributed by atoms with Gasteiger partial charge in [-0.2, -0.15) is 0 Å². The van der Waals surface area contributed by atoms with Crippen molar-refractivity contribution in [2.75, 3.05) is 33.8 Å². The number of aliphatic imine (C=N–C) groups is 1. The van der Waals surface area contributed by atoms with Crippen LogP contribution in [0.4, 0.5) is 0 Å². The van der Waals surface area contributed by atoms with Crippen LogP contribution < -0.4 is 15.4 Å². The maximum atomic E-state index is 5.65. The van der Waals surface area contributed by atoms with Crippen LogP contribution in [-0.2, 0) is 6.54 Å².